The van der Waals surface area contributed by atoms with Gasteiger partial charge in [0.05, 0.1) is 18.7 Å². The van der Waals surface area contributed by atoms with E-state index in [4.69, 9.17) is 4.74 Å². The number of carbonyl (C=O) groups excluding carboxylic acids is 2. The number of carbonyl (C=O) groups is 2. The minimum Gasteiger partial charge on any atom is -0.494 e. The Morgan fingerprint density at radius 3 is 2.00 bits per heavy atom. The fraction of sp³-hybridized carbons (Fsp3) is 0.394. The molecule has 2 heterocycles. The first-order chi connectivity index (χ1) is 19.2. The number of hydrogen-bond donors (Lipinski definition) is 2. The van der Waals surface area contributed by atoms with Crippen LogP contribution in [0.15, 0.2) is 84.9 Å². The van der Waals surface area contributed by atoms with E-state index in [2.05, 4.69) is 67.6 Å². The maximum absolute atomic E-state index is 13.5. The third-order valence-corrected chi connectivity index (χ3v) is 8.21. The molecule has 0 spiro atoms. The van der Waals surface area contributed by atoms with E-state index in [9.17, 15) is 9.59 Å². The van der Waals surface area contributed by atoms with Gasteiger partial charge in [0, 0.05) is 11.1 Å². The number of quaternary nitrogens is 2. The molecule has 0 unspecified atom stereocenters. The lowest BCUT2D eigenvalue weighted by atomic mass is 9.96. The fourth-order valence-electron chi connectivity index (χ4n) is 6.12. The molecule has 3 aromatic carbocycles. The highest BCUT2D eigenvalue weighted by Gasteiger charge is 2.47. The Labute approximate surface area is 232 Å². The van der Waals surface area contributed by atoms with Gasteiger partial charge in [0.2, 0.25) is 5.91 Å². The molecule has 6 nitrogen and oxygen atoms in total. The number of ether oxygens (including phenoxy) is 1. The van der Waals surface area contributed by atoms with Crippen molar-refractivity contribution in [3.05, 3.63) is 96.1 Å². The number of unbranched alkanes of at least 4 members (excludes halogenated alkanes) is 3. The molecule has 0 radical (unpaired) electrons. The summed E-state index contributed by atoms with van der Waals surface area (Å²) >= 11 is 0. The normalized spacial score (nSPS) is 21.5. The van der Waals surface area contributed by atoms with Crippen molar-refractivity contribution in [2.75, 3.05) is 37.7 Å². The maximum atomic E-state index is 13.5. The lowest BCUT2D eigenvalue weighted by Gasteiger charge is -2.36. The summed E-state index contributed by atoms with van der Waals surface area (Å²) in [5.74, 6) is 0.600. The number of piperazine rings is 1. The first kappa shape index (κ1) is 27.1. The Hall–Kier alpha value is -3.48. The Morgan fingerprint density at radius 1 is 0.795 bits per heavy atom. The van der Waals surface area contributed by atoms with Crippen molar-refractivity contribution in [1.82, 2.24) is 0 Å². The molecular formula is C33H41N3O3+2. The van der Waals surface area contributed by atoms with Crippen molar-refractivity contribution < 1.29 is 24.1 Å². The topological polar surface area (TPSA) is 55.5 Å². The highest BCUT2D eigenvalue weighted by molar-refractivity contribution is 6.21. The van der Waals surface area contributed by atoms with Crippen molar-refractivity contribution in [3.8, 4) is 5.75 Å². The lowest BCUT2D eigenvalue weighted by Crippen LogP contribution is -3.30. The van der Waals surface area contributed by atoms with Gasteiger partial charge in [-0.3, -0.25) is 9.59 Å². The molecule has 2 aliphatic heterocycles. The van der Waals surface area contributed by atoms with Crippen LogP contribution in [-0.2, 0) is 9.59 Å². The minimum atomic E-state index is -0.305. The van der Waals surface area contributed by atoms with Crippen LogP contribution in [0.2, 0.25) is 0 Å². The standard InChI is InChI=1S/C33H39N3O3/c1-2-3-4-11-24-39-29-18-16-28(17-19-29)36-31(37)25-30(33(36)38)34-20-22-35(23-21-34)32(26-12-7-5-8-13-26)27-14-9-6-10-15-27/h5-10,12-19,30,32H,2-4,11,20-25H2,1H3/p+2/t30-/m0/s1. The van der Waals surface area contributed by atoms with E-state index in [1.165, 1.54) is 45.1 Å². The lowest BCUT2D eigenvalue weighted by molar-refractivity contribution is -1.03. The van der Waals surface area contributed by atoms with Crippen LogP contribution in [0.4, 0.5) is 5.69 Å². The molecule has 2 aliphatic rings. The van der Waals surface area contributed by atoms with Crippen LogP contribution >= 0.6 is 0 Å². The molecule has 1 atom stereocenters. The van der Waals surface area contributed by atoms with Gasteiger partial charge in [-0.1, -0.05) is 86.8 Å². The molecule has 2 N–H and O–H groups in total. The summed E-state index contributed by atoms with van der Waals surface area (Å²) in [6, 6.07) is 28.8. The second kappa shape index (κ2) is 13.0. The van der Waals surface area contributed by atoms with Crippen LogP contribution in [-0.4, -0.2) is 50.6 Å². The van der Waals surface area contributed by atoms with E-state index in [1.54, 1.807) is 0 Å². The van der Waals surface area contributed by atoms with Crippen LogP contribution < -0.4 is 19.4 Å². The number of rotatable bonds is 11. The number of imide groups is 1. The summed E-state index contributed by atoms with van der Waals surface area (Å²) in [5, 5.41) is 0. The van der Waals surface area contributed by atoms with Gasteiger partial charge in [0.25, 0.3) is 5.91 Å². The van der Waals surface area contributed by atoms with Crippen molar-refractivity contribution in [3.63, 3.8) is 0 Å². The average molecular weight is 528 g/mol. The van der Waals surface area contributed by atoms with Crippen LogP contribution in [0.5, 0.6) is 5.75 Å². The number of benzene rings is 3. The molecule has 5 rings (SSSR count). The third kappa shape index (κ3) is 6.40. The van der Waals surface area contributed by atoms with Crippen molar-refractivity contribution in [2.24, 2.45) is 0 Å². The molecule has 3 aromatic rings. The molecule has 0 aliphatic carbocycles. The first-order valence-electron chi connectivity index (χ1n) is 14.5. The van der Waals surface area contributed by atoms with Crippen molar-refractivity contribution in [1.29, 1.82) is 0 Å². The summed E-state index contributed by atoms with van der Waals surface area (Å²) in [6.45, 7) is 6.52. The van der Waals surface area contributed by atoms with E-state index < -0.39 is 0 Å². The molecule has 0 bridgehead atoms. The van der Waals surface area contributed by atoms with E-state index in [0.717, 1.165) is 38.3 Å². The molecular weight excluding hydrogens is 486 g/mol. The fourth-order valence-corrected chi connectivity index (χ4v) is 6.12. The maximum Gasteiger partial charge on any atom is 0.292 e. The molecule has 2 saturated heterocycles. The highest BCUT2D eigenvalue weighted by Crippen LogP contribution is 2.25. The summed E-state index contributed by atoms with van der Waals surface area (Å²) in [5.41, 5.74) is 3.27. The van der Waals surface area contributed by atoms with Crippen LogP contribution in [0, 0.1) is 0 Å². The van der Waals surface area contributed by atoms with Gasteiger partial charge in [0.1, 0.15) is 38.0 Å². The zero-order valence-corrected chi connectivity index (χ0v) is 23.0. The van der Waals surface area contributed by atoms with Gasteiger partial charge >= 0.3 is 0 Å². The van der Waals surface area contributed by atoms with Gasteiger partial charge in [-0.05, 0) is 30.7 Å². The van der Waals surface area contributed by atoms with E-state index in [0.29, 0.717) is 12.3 Å². The quantitative estimate of drug-likeness (QED) is 0.298. The second-order valence-electron chi connectivity index (χ2n) is 10.8. The molecule has 0 saturated carbocycles. The highest BCUT2D eigenvalue weighted by atomic mass is 16.5. The summed E-state index contributed by atoms with van der Waals surface area (Å²) in [4.78, 5) is 30.6. The van der Waals surface area contributed by atoms with Gasteiger partial charge in [-0.25, -0.2) is 4.90 Å². The van der Waals surface area contributed by atoms with Crippen molar-refractivity contribution >= 4 is 17.5 Å². The van der Waals surface area contributed by atoms with Gasteiger partial charge in [-0.2, -0.15) is 0 Å². The van der Waals surface area contributed by atoms with Crippen LogP contribution in [0.1, 0.15) is 56.2 Å². The largest absolute Gasteiger partial charge is 0.494 e. The van der Waals surface area contributed by atoms with E-state index in [1.807, 2.05) is 24.3 Å². The first-order valence-corrected chi connectivity index (χ1v) is 14.5. The predicted molar refractivity (Wildman–Crippen MR) is 153 cm³/mol. The van der Waals surface area contributed by atoms with Gasteiger partial charge in [-0.15, -0.1) is 0 Å². The van der Waals surface area contributed by atoms with E-state index >= 15 is 0 Å². The number of anilines is 1. The molecule has 39 heavy (non-hydrogen) atoms. The number of nitrogens with one attached hydrogen (secondary N) is 2. The monoisotopic (exact) mass is 527 g/mol. The number of nitrogens with zero attached hydrogens (tertiary/aromatic N) is 1. The molecule has 0 aromatic heterocycles. The number of hydrogen-bond acceptors (Lipinski definition) is 3. The summed E-state index contributed by atoms with van der Waals surface area (Å²) in [7, 11) is 0. The predicted octanol–water partition coefficient (Wildman–Crippen LogP) is 2.85. The number of amides is 2. The summed E-state index contributed by atoms with van der Waals surface area (Å²) < 4.78 is 5.84. The van der Waals surface area contributed by atoms with Gasteiger partial charge in [0.15, 0.2) is 6.04 Å². The zero-order valence-electron chi connectivity index (χ0n) is 23.0. The van der Waals surface area contributed by atoms with Crippen molar-refractivity contribution in [2.45, 2.75) is 51.1 Å². The Kier molecular flexibility index (Phi) is 9.07. The zero-order chi connectivity index (χ0) is 27.0. The third-order valence-electron chi connectivity index (χ3n) is 8.21. The molecule has 2 fully saturated rings. The van der Waals surface area contributed by atoms with E-state index in [-0.39, 0.29) is 30.3 Å². The summed E-state index contributed by atoms with van der Waals surface area (Å²) in [6.07, 6.45) is 4.91. The Balaban J connectivity index is 1.20. The Morgan fingerprint density at radius 2 is 1.41 bits per heavy atom. The Bertz CT molecular complexity index is 1170. The molecule has 2 amide bonds. The molecule has 204 valence electrons. The second-order valence-corrected chi connectivity index (χ2v) is 10.8. The SMILES string of the molecule is CCCCCCOc1ccc(N2C(=O)C[C@H]([NH+]3CC[NH+](C(c4ccccc4)c4ccccc4)CC3)C2=O)cc1. The molecule has 6 heteroatoms. The van der Waals surface area contributed by atoms with Gasteiger partial charge < -0.3 is 14.5 Å². The van der Waals surface area contributed by atoms with Crippen LogP contribution in [0.3, 0.4) is 0 Å². The smallest absolute Gasteiger partial charge is 0.292 e. The average Bonchev–Trinajstić information content (AvgIpc) is 3.28. The van der Waals surface area contributed by atoms with Crippen LogP contribution in [0.25, 0.3) is 0 Å². The minimum absolute atomic E-state index is 0.0747.